The van der Waals surface area contributed by atoms with Gasteiger partial charge in [-0.3, -0.25) is 4.79 Å². The first-order valence-electron chi connectivity index (χ1n) is 12.4. The van der Waals surface area contributed by atoms with E-state index in [0.29, 0.717) is 12.5 Å². The summed E-state index contributed by atoms with van der Waals surface area (Å²) < 4.78 is 64.1. The molecule has 0 heterocycles. The fourth-order valence-electron chi connectivity index (χ4n) is 4.70. The van der Waals surface area contributed by atoms with Gasteiger partial charge in [0.2, 0.25) is 0 Å². The second kappa shape index (κ2) is 11.3. The number of aryl methyl sites for hydroxylation is 1. The van der Waals surface area contributed by atoms with E-state index in [1.165, 1.54) is 0 Å². The van der Waals surface area contributed by atoms with Crippen molar-refractivity contribution in [2.75, 3.05) is 5.75 Å². The van der Waals surface area contributed by atoms with E-state index in [1.54, 1.807) is 0 Å². The van der Waals surface area contributed by atoms with Crippen LogP contribution in [0.4, 0.5) is 13.2 Å². The largest absolute Gasteiger partial charge is 0.416 e. The molecule has 7 nitrogen and oxygen atoms in total. The highest BCUT2D eigenvalue weighted by molar-refractivity contribution is 7.91. The molecule has 4 N–H and O–H groups in total. The van der Waals surface area contributed by atoms with Crippen LogP contribution in [0.25, 0.3) is 0 Å². The van der Waals surface area contributed by atoms with Crippen LogP contribution >= 0.6 is 0 Å². The lowest BCUT2D eigenvalue weighted by Gasteiger charge is -2.30. The van der Waals surface area contributed by atoms with Crippen LogP contribution < -0.4 is 10.6 Å². The maximum atomic E-state index is 13.0. The normalized spacial score (nSPS) is 18.8. The lowest BCUT2D eigenvalue weighted by molar-refractivity contribution is -0.137. The zero-order chi connectivity index (χ0) is 28.5. The molecule has 1 amide bonds. The minimum absolute atomic E-state index is 0.0720. The third-order valence-electron chi connectivity index (χ3n) is 6.49. The van der Waals surface area contributed by atoms with Gasteiger partial charge in [0.25, 0.3) is 5.91 Å². The van der Waals surface area contributed by atoms with Gasteiger partial charge >= 0.3 is 6.18 Å². The molecule has 0 saturated carbocycles. The first-order chi connectivity index (χ1) is 17.5. The molecule has 4 atom stereocenters. The zero-order valence-electron chi connectivity index (χ0n) is 21.8. The van der Waals surface area contributed by atoms with Gasteiger partial charge in [-0.15, -0.1) is 0 Å². The Kier molecular flexibility index (Phi) is 8.97. The minimum atomic E-state index is -4.75. The number of hydrogen-bond acceptors (Lipinski definition) is 6. The molecule has 0 fully saturated rings. The molecule has 0 aromatic heterocycles. The number of carbonyl (C=O) groups excluding carboxylic acids is 1. The van der Waals surface area contributed by atoms with E-state index in [1.807, 2.05) is 12.1 Å². The Morgan fingerprint density at radius 1 is 1.11 bits per heavy atom. The number of nitrogens with one attached hydrogen (secondary N) is 2. The van der Waals surface area contributed by atoms with Crippen molar-refractivity contribution >= 4 is 15.7 Å². The first kappa shape index (κ1) is 30.1. The first-order valence-corrected chi connectivity index (χ1v) is 14.1. The SMILES string of the molecule is C[C@@H](NC(C)(C)C)c1ccc2c(c1)CCCC2NC(=O)[C@H](O)[C@H](O)CS(=O)(=O)c1cccc(C(F)(F)F)c1. The molecule has 0 aliphatic heterocycles. The monoisotopic (exact) mass is 556 g/mol. The molecule has 1 aliphatic carbocycles. The summed E-state index contributed by atoms with van der Waals surface area (Å²) in [6, 6.07) is 8.75. The standard InChI is InChI=1S/C27H35F3N2O5S/c1-16(32-26(2,3)4)17-11-12-21-18(13-17)7-5-10-22(21)31-25(35)24(34)23(33)15-38(36,37)20-9-6-8-19(14-20)27(28,29)30/h6,8-9,11-14,16,22-24,32-34H,5,7,10,15H2,1-4H3,(H,31,35)/t16-,22?,23-,24-/m1/s1. The van der Waals surface area contributed by atoms with E-state index in [-0.39, 0.29) is 11.6 Å². The number of amides is 1. The molecule has 3 rings (SSSR count). The van der Waals surface area contributed by atoms with Crippen LogP contribution in [-0.4, -0.2) is 48.0 Å². The fourth-order valence-corrected chi connectivity index (χ4v) is 6.11. The third kappa shape index (κ3) is 7.56. The van der Waals surface area contributed by atoms with Crippen molar-refractivity contribution in [1.82, 2.24) is 10.6 Å². The average molecular weight is 557 g/mol. The van der Waals surface area contributed by atoms with Gasteiger partial charge in [0, 0.05) is 11.6 Å². The number of alkyl halides is 3. The van der Waals surface area contributed by atoms with Gasteiger partial charge in [-0.25, -0.2) is 8.42 Å². The van der Waals surface area contributed by atoms with Crippen LogP contribution in [0.15, 0.2) is 47.4 Å². The van der Waals surface area contributed by atoms with E-state index < -0.39 is 56.4 Å². The molecule has 11 heteroatoms. The number of aliphatic hydroxyl groups excluding tert-OH is 2. The Hall–Kier alpha value is -2.47. The summed E-state index contributed by atoms with van der Waals surface area (Å²) in [5.41, 5.74) is 1.81. The molecule has 38 heavy (non-hydrogen) atoms. The Morgan fingerprint density at radius 3 is 2.42 bits per heavy atom. The maximum absolute atomic E-state index is 13.0. The number of rotatable bonds is 8. The van der Waals surface area contributed by atoms with Gasteiger partial charge in [0.15, 0.2) is 15.9 Å². The van der Waals surface area contributed by atoms with Gasteiger partial charge in [0.1, 0.15) is 6.10 Å². The number of hydrogen-bond donors (Lipinski definition) is 4. The number of aliphatic hydroxyl groups is 2. The molecule has 1 aliphatic rings. The average Bonchev–Trinajstić information content (AvgIpc) is 2.81. The Morgan fingerprint density at radius 2 is 1.79 bits per heavy atom. The summed E-state index contributed by atoms with van der Waals surface area (Å²) in [7, 11) is -4.42. The lowest BCUT2D eigenvalue weighted by atomic mass is 9.85. The zero-order valence-corrected chi connectivity index (χ0v) is 22.7. The van der Waals surface area contributed by atoms with E-state index in [2.05, 4.69) is 44.4 Å². The number of fused-ring (bicyclic) bond motifs is 1. The van der Waals surface area contributed by atoms with Crippen molar-refractivity contribution in [1.29, 1.82) is 0 Å². The Labute approximate surface area is 221 Å². The number of benzene rings is 2. The van der Waals surface area contributed by atoms with Gasteiger partial charge < -0.3 is 20.8 Å². The Bertz CT molecular complexity index is 1260. The van der Waals surface area contributed by atoms with Crippen molar-refractivity contribution in [2.45, 2.75) is 87.9 Å². The van der Waals surface area contributed by atoms with E-state index >= 15 is 0 Å². The van der Waals surface area contributed by atoms with Crippen LogP contribution in [0.2, 0.25) is 0 Å². The molecule has 2 aromatic carbocycles. The van der Waals surface area contributed by atoms with Crippen LogP contribution in [0.3, 0.4) is 0 Å². The number of halogens is 3. The summed E-state index contributed by atoms with van der Waals surface area (Å²) in [5, 5.41) is 26.9. The molecule has 2 aromatic rings. The summed E-state index contributed by atoms with van der Waals surface area (Å²) in [5.74, 6) is -2.08. The predicted octanol–water partition coefficient (Wildman–Crippen LogP) is 3.84. The topological polar surface area (TPSA) is 116 Å². The molecular weight excluding hydrogens is 521 g/mol. The molecule has 1 unspecified atom stereocenters. The molecule has 0 saturated heterocycles. The summed E-state index contributed by atoms with van der Waals surface area (Å²) >= 11 is 0. The minimum Gasteiger partial charge on any atom is -0.389 e. The van der Waals surface area contributed by atoms with Crippen LogP contribution in [0.5, 0.6) is 0 Å². The molecule has 0 radical (unpaired) electrons. The van der Waals surface area contributed by atoms with Gasteiger partial charge in [-0.1, -0.05) is 24.3 Å². The summed E-state index contributed by atoms with van der Waals surface area (Å²) in [6.07, 6.45) is -6.68. The second-order valence-electron chi connectivity index (χ2n) is 10.8. The van der Waals surface area contributed by atoms with Crippen molar-refractivity contribution in [2.24, 2.45) is 0 Å². The highest BCUT2D eigenvalue weighted by Gasteiger charge is 2.35. The lowest BCUT2D eigenvalue weighted by Crippen LogP contribution is -2.46. The highest BCUT2D eigenvalue weighted by Crippen LogP contribution is 2.33. The van der Waals surface area contributed by atoms with E-state index in [4.69, 9.17) is 0 Å². The third-order valence-corrected chi connectivity index (χ3v) is 8.24. The molecular formula is C27H35F3N2O5S. The van der Waals surface area contributed by atoms with Crippen molar-refractivity contribution in [3.8, 4) is 0 Å². The van der Waals surface area contributed by atoms with Gasteiger partial charge in [-0.2, -0.15) is 13.2 Å². The van der Waals surface area contributed by atoms with Crippen LogP contribution in [0, 0.1) is 0 Å². The maximum Gasteiger partial charge on any atom is 0.416 e. The summed E-state index contributed by atoms with van der Waals surface area (Å²) in [4.78, 5) is 12.1. The van der Waals surface area contributed by atoms with Crippen LogP contribution in [-0.2, 0) is 27.2 Å². The van der Waals surface area contributed by atoms with Crippen LogP contribution in [0.1, 0.15) is 74.9 Å². The quantitative estimate of drug-likeness (QED) is 0.393. The number of sulfone groups is 1. The van der Waals surface area contributed by atoms with E-state index in [0.717, 1.165) is 47.7 Å². The van der Waals surface area contributed by atoms with E-state index in [9.17, 15) is 36.6 Å². The van der Waals surface area contributed by atoms with Crippen molar-refractivity contribution < 1.29 is 36.6 Å². The van der Waals surface area contributed by atoms with Crippen molar-refractivity contribution in [3.05, 3.63) is 64.7 Å². The Balaban J connectivity index is 1.69. The number of carbonyl (C=O) groups is 1. The predicted molar refractivity (Wildman–Crippen MR) is 137 cm³/mol. The summed E-state index contributed by atoms with van der Waals surface area (Å²) in [6.45, 7) is 8.31. The molecule has 210 valence electrons. The van der Waals surface area contributed by atoms with Gasteiger partial charge in [-0.05, 0) is 81.8 Å². The highest BCUT2D eigenvalue weighted by atomic mass is 32.2. The fraction of sp³-hybridized carbons (Fsp3) is 0.519. The molecule has 0 spiro atoms. The molecule has 0 bridgehead atoms. The smallest absolute Gasteiger partial charge is 0.389 e. The second-order valence-corrected chi connectivity index (χ2v) is 12.9. The van der Waals surface area contributed by atoms with Gasteiger partial charge in [0.05, 0.1) is 22.3 Å². The van der Waals surface area contributed by atoms with Crippen molar-refractivity contribution in [3.63, 3.8) is 0 Å².